The molecule has 1 aromatic carbocycles. The third-order valence-electron chi connectivity index (χ3n) is 3.68. The van der Waals surface area contributed by atoms with Crippen LogP contribution in [-0.4, -0.2) is 37.2 Å². The lowest BCUT2D eigenvalue weighted by molar-refractivity contribution is 0.181. The standard InChI is InChI=1S/C16H17FN4O3S/c1-10-7-12(9-24-3)19-16-14(15(18-2)20-21(10)16)25(22,23)13-6-4-5-11(17)8-13/h4-8H,9H2,1-3H3,(H,18,20). The Morgan fingerprint density at radius 2 is 2.08 bits per heavy atom. The maximum Gasteiger partial charge on any atom is 0.214 e. The molecule has 0 bridgehead atoms. The Balaban J connectivity index is 2.34. The number of rotatable bonds is 5. The van der Waals surface area contributed by atoms with Gasteiger partial charge in [-0.15, -0.1) is 5.10 Å². The van der Waals surface area contributed by atoms with E-state index in [-0.39, 0.29) is 27.9 Å². The maximum absolute atomic E-state index is 13.5. The summed E-state index contributed by atoms with van der Waals surface area (Å²) in [5.74, 6) is -0.484. The fourth-order valence-electron chi connectivity index (χ4n) is 2.59. The van der Waals surface area contributed by atoms with Gasteiger partial charge in [-0.05, 0) is 31.2 Å². The molecule has 0 saturated heterocycles. The van der Waals surface area contributed by atoms with E-state index in [1.807, 2.05) is 0 Å². The number of ether oxygens (including phenoxy) is 1. The molecule has 2 heterocycles. The molecule has 0 spiro atoms. The monoisotopic (exact) mass is 364 g/mol. The third kappa shape index (κ3) is 2.96. The summed E-state index contributed by atoms with van der Waals surface area (Å²) in [5, 5.41) is 7.05. The fourth-order valence-corrected chi connectivity index (χ4v) is 4.13. The molecule has 3 rings (SSSR count). The van der Waals surface area contributed by atoms with Gasteiger partial charge in [0.15, 0.2) is 16.4 Å². The number of anilines is 1. The predicted molar refractivity (Wildman–Crippen MR) is 89.8 cm³/mol. The Bertz CT molecular complexity index is 1050. The molecular formula is C16H17FN4O3S. The minimum absolute atomic E-state index is 0.0957. The number of nitrogens with one attached hydrogen (secondary N) is 1. The Morgan fingerprint density at radius 3 is 2.72 bits per heavy atom. The highest BCUT2D eigenvalue weighted by Gasteiger charge is 2.29. The van der Waals surface area contributed by atoms with Crippen molar-refractivity contribution in [2.24, 2.45) is 0 Å². The van der Waals surface area contributed by atoms with Gasteiger partial charge in [0, 0.05) is 19.9 Å². The molecule has 0 radical (unpaired) electrons. The largest absolute Gasteiger partial charge is 0.378 e. The Morgan fingerprint density at radius 1 is 1.32 bits per heavy atom. The first-order valence-corrected chi connectivity index (χ1v) is 8.93. The van der Waals surface area contributed by atoms with Gasteiger partial charge in [0.05, 0.1) is 17.2 Å². The number of hydrogen-bond donors (Lipinski definition) is 1. The topological polar surface area (TPSA) is 85.6 Å². The molecule has 0 unspecified atom stereocenters. The number of hydrogen-bond acceptors (Lipinski definition) is 6. The van der Waals surface area contributed by atoms with Crippen molar-refractivity contribution in [1.29, 1.82) is 0 Å². The lowest BCUT2D eigenvalue weighted by atomic mass is 10.3. The summed E-state index contributed by atoms with van der Waals surface area (Å²) in [5.41, 5.74) is 1.45. The molecule has 9 heteroatoms. The fraction of sp³-hybridized carbons (Fsp3) is 0.250. The SMILES string of the molecule is CNc1nn2c(C)cc(COC)nc2c1S(=O)(=O)c1cccc(F)c1. The summed E-state index contributed by atoms with van der Waals surface area (Å²) in [4.78, 5) is 4.12. The number of benzene rings is 1. The molecule has 132 valence electrons. The van der Waals surface area contributed by atoms with Crippen LogP contribution < -0.4 is 5.32 Å². The van der Waals surface area contributed by atoms with Gasteiger partial charge < -0.3 is 10.1 Å². The quantitative estimate of drug-likeness (QED) is 0.747. The molecule has 0 amide bonds. The molecule has 0 saturated carbocycles. The van der Waals surface area contributed by atoms with Crippen LogP contribution in [-0.2, 0) is 21.2 Å². The van der Waals surface area contributed by atoms with Crippen LogP contribution in [0.3, 0.4) is 0 Å². The van der Waals surface area contributed by atoms with Crippen LogP contribution in [0.4, 0.5) is 10.2 Å². The van der Waals surface area contributed by atoms with E-state index >= 15 is 0 Å². The number of aryl methyl sites for hydroxylation is 1. The van der Waals surface area contributed by atoms with E-state index < -0.39 is 15.7 Å². The van der Waals surface area contributed by atoms with Crippen LogP contribution in [0.2, 0.25) is 0 Å². The van der Waals surface area contributed by atoms with Crippen molar-refractivity contribution < 1.29 is 17.5 Å². The number of fused-ring (bicyclic) bond motifs is 1. The molecule has 0 aliphatic rings. The van der Waals surface area contributed by atoms with Crippen molar-refractivity contribution in [3.05, 3.63) is 47.5 Å². The Hall–Kier alpha value is -2.52. The minimum atomic E-state index is -4.03. The van der Waals surface area contributed by atoms with E-state index in [0.717, 1.165) is 6.07 Å². The summed E-state index contributed by atoms with van der Waals surface area (Å²) in [6.07, 6.45) is 0. The van der Waals surface area contributed by atoms with E-state index in [1.165, 1.54) is 29.8 Å². The average Bonchev–Trinajstić information content (AvgIpc) is 2.95. The van der Waals surface area contributed by atoms with Crippen molar-refractivity contribution in [2.45, 2.75) is 23.3 Å². The summed E-state index contributed by atoms with van der Waals surface area (Å²) in [6, 6.07) is 6.62. The zero-order valence-electron chi connectivity index (χ0n) is 13.9. The highest BCUT2D eigenvalue weighted by Crippen LogP contribution is 2.31. The second kappa shape index (κ2) is 6.41. The minimum Gasteiger partial charge on any atom is -0.378 e. The first kappa shape index (κ1) is 17.3. The Labute approximate surface area is 144 Å². The normalized spacial score (nSPS) is 11.8. The van der Waals surface area contributed by atoms with Crippen LogP contribution in [0.5, 0.6) is 0 Å². The van der Waals surface area contributed by atoms with Gasteiger partial charge in [0.1, 0.15) is 5.82 Å². The lowest BCUT2D eigenvalue weighted by Crippen LogP contribution is -2.07. The molecule has 0 aliphatic carbocycles. The van der Waals surface area contributed by atoms with Gasteiger partial charge in [0.25, 0.3) is 0 Å². The van der Waals surface area contributed by atoms with E-state index in [4.69, 9.17) is 4.74 Å². The number of sulfone groups is 1. The van der Waals surface area contributed by atoms with Crippen molar-refractivity contribution in [3.63, 3.8) is 0 Å². The zero-order chi connectivity index (χ0) is 18.2. The molecular weight excluding hydrogens is 347 g/mol. The number of halogens is 1. The van der Waals surface area contributed by atoms with Gasteiger partial charge in [-0.2, -0.15) is 0 Å². The first-order chi connectivity index (χ1) is 11.9. The highest BCUT2D eigenvalue weighted by atomic mass is 32.2. The molecule has 0 fully saturated rings. The van der Waals surface area contributed by atoms with Crippen LogP contribution in [0.25, 0.3) is 5.65 Å². The van der Waals surface area contributed by atoms with Gasteiger partial charge in [-0.1, -0.05) is 6.07 Å². The van der Waals surface area contributed by atoms with Gasteiger partial charge >= 0.3 is 0 Å². The molecule has 0 aliphatic heterocycles. The van der Waals surface area contributed by atoms with Crippen LogP contribution in [0.1, 0.15) is 11.4 Å². The van der Waals surface area contributed by atoms with Gasteiger partial charge in [-0.3, -0.25) is 0 Å². The van der Waals surface area contributed by atoms with Crippen LogP contribution >= 0.6 is 0 Å². The van der Waals surface area contributed by atoms with Crippen LogP contribution in [0, 0.1) is 12.7 Å². The number of aromatic nitrogens is 3. The van der Waals surface area contributed by atoms with Crippen molar-refractivity contribution >= 4 is 21.3 Å². The molecule has 1 N–H and O–H groups in total. The average molecular weight is 364 g/mol. The molecule has 0 atom stereocenters. The summed E-state index contributed by atoms with van der Waals surface area (Å²) in [6.45, 7) is 2.02. The number of methoxy groups -OCH3 is 1. The smallest absolute Gasteiger partial charge is 0.214 e. The summed E-state index contributed by atoms with van der Waals surface area (Å²) < 4.78 is 46.2. The van der Waals surface area contributed by atoms with Gasteiger partial charge in [-0.25, -0.2) is 22.3 Å². The Kier molecular flexibility index (Phi) is 4.44. The van der Waals surface area contributed by atoms with E-state index in [9.17, 15) is 12.8 Å². The number of nitrogens with zero attached hydrogens (tertiary/aromatic N) is 3. The molecule has 7 nitrogen and oxygen atoms in total. The second-order valence-electron chi connectivity index (χ2n) is 5.45. The zero-order valence-corrected chi connectivity index (χ0v) is 14.8. The second-order valence-corrected chi connectivity index (χ2v) is 7.33. The predicted octanol–water partition coefficient (Wildman–Crippen LogP) is 2.20. The third-order valence-corrected chi connectivity index (χ3v) is 5.47. The molecule has 25 heavy (non-hydrogen) atoms. The van der Waals surface area contributed by atoms with Gasteiger partial charge in [0.2, 0.25) is 9.84 Å². The van der Waals surface area contributed by atoms with Crippen molar-refractivity contribution in [3.8, 4) is 0 Å². The van der Waals surface area contributed by atoms with E-state index in [0.29, 0.717) is 11.4 Å². The van der Waals surface area contributed by atoms with Crippen LogP contribution in [0.15, 0.2) is 40.1 Å². The first-order valence-electron chi connectivity index (χ1n) is 7.45. The van der Waals surface area contributed by atoms with E-state index in [2.05, 4.69) is 15.4 Å². The highest BCUT2D eigenvalue weighted by molar-refractivity contribution is 7.91. The maximum atomic E-state index is 13.5. The molecule has 2 aromatic heterocycles. The van der Waals surface area contributed by atoms with E-state index in [1.54, 1.807) is 20.0 Å². The van der Waals surface area contributed by atoms with Crippen molar-refractivity contribution in [1.82, 2.24) is 14.6 Å². The van der Waals surface area contributed by atoms with Crippen molar-refractivity contribution in [2.75, 3.05) is 19.5 Å². The summed E-state index contributed by atoms with van der Waals surface area (Å²) in [7, 11) is -0.929. The summed E-state index contributed by atoms with van der Waals surface area (Å²) >= 11 is 0. The molecule has 3 aromatic rings. The lowest BCUT2D eigenvalue weighted by Gasteiger charge is -2.07.